The average Bonchev–Trinajstić information content (AvgIpc) is 2.69. The largest absolute Gasteiger partial charge is 0.484 e. The van der Waals surface area contributed by atoms with Crippen molar-refractivity contribution in [3.8, 4) is 11.6 Å². The van der Waals surface area contributed by atoms with Gasteiger partial charge < -0.3 is 20.1 Å². The maximum Gasteiger partial charge on any atom is 0.422 e. The Morgan fingerprint density at radius 2 is 1.76 bits per heavy atom. The number of benzene rings is 1. The smallest absolute Gasteiger partial charge is 0.422 e. The molecule has 1 aromatic carbocycles. The monoisotopic (exact) mass is 524 g/mol. The molecule has 6 nitrogen and oxygen atoms in total. The molecule has 0 fully saturated rings. The summed E-state index contributed by atoms with van der Waals surface area (Å²) in [4.78, 5) is 8.63. The first-order valence-electron chi connectivity index (χ1n) is 8.69. The molecule has 2 aromatic rings. The van der Waals surface area contributed by atoms with Gasteiger partial charge in [-0.05, 0) is 30.2 Å². The van der Waals surface area contributed by atoms with Crippen LogP contribution in [0.2, 0.25) is 0 Å². The first-order valence-corrected chi connectivity index (χ1v) is 8.69. The van der Waals surface area contributed by atoms with Gasteiger partial charge in [0.15, 0.2) is 12.6 Å². The molecular formula is C19H24F3IN4O2. The summed E-state index contributed by atoms with van der Waals surface area (Å²) in [5.41, 5.74) is 1.82. The van der Waals surface area contributed by atoms with Crippen molar-refractivity contribution in [2.24, 2.45) is 4.99 Å². The Balaban J connectivity index is 0.00000420. The lowest BCUT2D eigenvalue weighted by Crippen LogP contribution is -2.36. The van der Waals surface area contributed by atoms with E-state index in [0.29, 0.717) is 31.5 Å². The van der Waals surface area contributed by atoms with E-state index in [1.807, 2.05) is 13.0 Å². The summed E-state index contributed by atoms with van der Waals surface area (Å²) in [5, 5.41) is 6.32. The summed E-state index contributed by atoms with van der Waals surface area (Å²) < 4.78 is 46.2. The van der Waals surface area contributed by atoms with Gasteiger partial charge in [0.25, 0.3) is 0 Å². The molecule has 0 aliphatic rings. The van der Waals surface area contributed by atoms with Crippen LogP contribution in [-0.4, -0.2) is 37.4 Å². The number of aromatic nitrogens is 1. The summed E-state index contributed by atoms with van der Waals surface area (Å²) in [6.45, 7) is 2.25. The second-order valence-electron chi connectivity index (χ2n) is 5.81. The van der Waals surface area contributed by atoms with E-state index in [-0.39, 0.29) is 29.7 Å². The van der Waals surface area contributed by atoms with Gasteiger partial charge in [-0.1, -0.05) is 18.2 Å². The molecule has 0 saturated carbocycles. The van der Waals surface area contributed by atoms with E-state index in [9.17, 15) is 13.2 Å². The lowest BCUT2D eigenvalue weighted by molar-refractivity contribution is -0.153. The summed E-state index contributed by atoms with van der Waals surface area (Å²) >= 11 is 0. The lowest BCUT2D eigenvalue weighted by Gasteiger charge is -2.12. The first kappa shape index (κ1) is 24.8. The van der Waals surface area contributed by atoms with E-state index in [1.165, 1.54) is 12.1 Å². The Kier molecular flexibility index (Phi) is 10.6. The maximum absolute atomic E-state index is 12.2. The average molecular weight is 524 g/mol. The number of pyridine rings is 1. The van der Waals surface area contributed by atoms with Gasteiger partial charge in [-0.3, -0.25) is 0 Å². The van der Waals surface area contributed by atoms with Crippen molar-refractivity contribution in [1.29, 1.82) is 0 Å². The van der Waals surface area contributed by atoms with Crippen LogP contribution in [0.4, 0.5) is 13.2 Å². The van der Waals surface area contributed by atoms with Crippen LogP contribution in [0.5, 0.6) is 11.6 Å². The minimum atomic E-state index is -4.35. The van der Waals surface area contributed by atoms with Crippen molar-refractivity contribution in [1.82, 2.24) is 15.6 Å². The zero-order valence-corrected chi connectivity index (χ0v) is 18.5. The number of aliphatic imine (C=N–C) groups is 1. The van der Waals surface area contributed by atoms with Gasteiger partial charge in [0.05, 0.1) is 13.7 Å². The van der Waals surface area contributed by atoms with Gasteiger partial charge in [0, 0.05) is 25.4 Å². The minimum Gasteiger partial charge on any atom is -0.484 e. The van der Waals surface area contributed by atoms with Crippen LogP contribution in [0.15, 0.2) is 47.6 Å². The topological polar surface area (TPSA) is 67.8 Å². The zero-order valence-electron chi connectivity index (χ0n) is 16.1. The molecule has 0 aliphatic carbocycles. The van der Waals surface area contributed by atoms with Crippen LogP contribution >= 0.6 is 24.0 Å². The highest BCUT2D eigenvalue weighted by molar-refractivity contribution is 14.0. The highest BCUT2D eigenvalue weighted by atomic mass is 127. The molecule has 0 atom stereocenters. The van der Waals surface area contributed by atoms with Crippen LogP contribution in [0.25, 0.3) is 0 Å². The number of rotatable bonds is 8. The molecule has 0 aliphatic heterocycles. The number of alkyl halides is 3. The molecule has 2 N–H and O–H groups in total. The Morgan fingerprint density at radius 1 is 1.07 bits per heavy atom. The number of ether oxygens (including phenoxy) is 2. The molecule has 1 heterocycles. The van der Waals surface area contributed by atoms with Crippen LogP contribution in [0.1, 0.15) is 18.1 Å². The van der Waals surface area contributed by atoms with E-state index in [0.717, 1.165) is 11.1 Å². The predicted octanol–water partition coefficient (Wildman–Crippen LogP) is 3.90. The molecule has 10 heteroatoms. The number of guanidine groups is 1. The van der Waals surface area contributed by atoms with Gasteiger partial charge in [0.1, 0.15) is 5.75 Å². The van der Waals surface area contributed by atoms with Crippen molar-refractivity contribution < 1.29 is 22.6 Å². The molecule has 1 aromatic heterocycles. The molecule has 0 amide bonds. The van der Waals surface area contributed by atoms with Gasteiger partial charge >= 0.3 is 6.18 Å². The van der Waals surface area contributed by atoms with Crippen molar-refractivity contribution in [2.75, 3.05) is 20.3 Å². The maximum atomic E-state index is 12.2. The molecular weight excluding hydrogens is 500 g/mol. The van der Waals surface area contributed by atoms with E-state index in [1.54, 1.807) is 31.5 Å². The lowest BCUT2D eigenvalue weighted by atomic mass is 10.2. The third-order valence-electron chi connectivity index (χ3n) is 3.56. The molecule has 0 bridgehead atoms. The quantitative estimate of drug-likeness (QED) is 0.312. The Bertz CT molecular complexity index is 754. The highest BCUT2D eigenvalue weighted by Gasteiger charge is 2.28. The van der Waals surface area contributed by atoms with Crippen molar-refractivity contribution in [3.63, 3.8) is 0 Å². The number of hydrogen-bond acceptors (Lipinski definition) is 4. The van der Waals surface area contributed by atoms with Crippen molar-refractivity contribution in [2.45, 2.75) is 26.2 Å². The van der Waals surface area contributed by atoms with Crippen LogP contribution in [0.3, 0.4) is 0 Å². The van der Waals surface area contributed by atoms with Crippen LogP contribution < -0.4 is 20.1 Å². The molecule has 0 spiro atoms. The number of nitrogens with zero attached hydrogens (tertiary/aromatic N) is 2. The predicted molar refractivity (Wildman–Crippen MR) is 116 cm³/mol. The van der Waals surface area contributed by atoms with E-state index in [4.69, 9.17) is 9.47 Å². The van der Waals surface area contributed by atoms with Crippen molar-refractivity contribution >= 4 is 29.9 Å². The Hall–Kier alpha value is -2.24. The van der Waals surface area contributed by atoms with Gasteiger partial charge in [-0.15, -0.1) is 24.0 Å². The first-order chi connectivity index (χ1) is 13.4. The van der Waals surface area contributed by atoms with Gasteiger partial charge in [-0.2, -0.15) is 13.2 Å². The fourth-order valence-corrected chi connectivity index (χ4v) is 2.19. The minimum absolute atomic E-state index is 0. The van der Waals surface area contributed by atoms with Gasteiger partial charge in [0.2, 0.25) is 5.88 Å². The summed E-state index contributed by atoms with van der Waals surface area (Å²) in [7, 11) is 1.56. The molecule has 160 valence electrons. The summed E-state index contributed by atoms with van der Waals surface area (Å²) in [5.74, 6) is 1.34. The Labute approximate surface area is 184 Å². The van der Waals surface area contributed by atoms with Crippen LogP contribution in [-0.2, 0) is 13.1 Å². The third-order valence-corrected chi connectivity index (χ3v) is 3.56. The van der Waals surface area contributed by atoms with E-state index in [2.05, 4.69) is 20.6 Å². The normalized spacial score (nSPS) is 11.4. The number of nitrogens with one attached hydrogen (secondary N) is 2. The molecule has 0 saturated heterocycles. The van der Waals surface area contributed by atoms with E-state index < -0.39 is 12.8 Å². The van der Waals surface area contributed by atoms with E-state index >= 15 is 0 Å². The number of methoxy groups -OCH3 is 1. The van der Waals surface area contributed by atoms with Crippen LogP contribution in [0, 0.1) is 0 Å². The molecule has 0 unspecified atom stereocenters. The number of hydrogen-bond donors (Lipinski definition) is 2. The molecule has 2 rings (SSSR count). The zero-order chi connectivity index (χ0) is 20.4. The second kappa shape index (κ2) is 12.3. The summed E-state index contributed by atoms with van der Waals surface area (Å²) in [6, 6.07) is 10.1. The fourth-order valence-electron chi connectivity index (χ4n) is 2.19. The Morgan fingerprint density at radius 3 is 2.31 bits per heavy atom. The van der Waals surface area contributed by atoms with Gasteiger partial charge in [-0.25, -0.2) is 9.98 Å². The highest BCUT2D eigenvalue weighted by Crippen LogP contribution is 2.18. The third kappa shape index (κ3) is 9.68. The SMILES string of the molecule is CCNC(=NCc1ccc(OC)nc1)NCc1ccc(OCC(F)(F)F)cc1.I. The molecule has 29 heavy (non-hydrogen) atoms. The summed E-state index contributed by atoms with van der Waals surface area (Å²) in [6.07, 6.45) is -2.65. The van der Waals surface area contributed by atoms with Crippen molar-refractivity contribution in [3.05, 3.63) is 53.7 Å². The standard InChI is InChI=1S/C19H23F3N4O2.HI/c1-3-23-18(26-12-15-6-9-17(27-2)24-11-15)25-10-14-4-7-16(8-5-14)28-13-19(20,21)22;/h4-9,11H,3,10,12-13H2,1-2H3,(H2,23,25,26);1H. The second-order valence-corrected chi connectivity index (χ2v) is 5.81. The fraction of sp³-hybridized carbons (Fsp3) is 0.368. The number of halogens is 4. The molecule has 0 radical (unpaired) electrons.